The van der Waals surface area contributed by atoms with Gasteiger partial charge in [-0.1, -0.05) is 203 Å². The van der Waals surface area contributed by atoms with E-state index in [2.05, 4.69) is 0 Å². The van der Waals surface area contributed by atoms with Crippen molar-refractivity contribution in [2.45, 2.75) is 63.2 Å². The zero-order chi connectivity index (χ0) is 86.1. The zero-order valence-electron chi connectivity index (χ0n) is 64.7. The predicted octanol–water partition coefficient (Wildman–Crippen LogP) is 29.4. The van der Waals surface area contributed by atoms with E-state index in [4.69, 9.17) is 0 Å². The number of benzene rings is 15. The summed E-state index contributed by atoms with van der Waals surface area (Å²) < 4.78 is 285. The molecule has 0 amide bonds. The van der Waals surface area contributed by atoms with Gasteiger partial charge in [0.15, 0.2) is 0 Å². The summed E-state index contributed by atoms with van der Waals surface area (Å²) >= 11 is 0. The van der Waals surface area contributed by atoms with Crippen molar-refractivity contribution in [3.8, 4) is 78.1 Å². The number of rotatable bonds is 10. The number of hydrogen-bond donors (Lipinski definition) is 0. The molecule has 17 aromatic rings. The summed E-state index contributed by atoms with van der Waals surface area (Å²) in [6.45, 7) is 4.41. The number of halogens is 18. The molecule has 0 saturated heterocycles. The molecule has 0 atom stereocenters. The number of hydrogen-bond acceptors (Lipinski definition) is 2. The lowest BCUT2D eigenvalue weighted by Gasteiger charge is -2.48. The highest BCUT2D eigenvalue weighted by molar-refractivity contribution is 7.02. The molecular formula is C100H61BF18N4. The van der Waals surface area contributed by atoms with Gasteiger partial charge in [0, 0.05) is 77.9 Å². The van der Waals surface area contributed by atoms with Gasteiger partial charge >= 0.3 is 37.1 Å². The summed E-state index contributed by atoms with van der Waals surface area (Å²) in [7, 11) is 0. The number of alkyl halides is 18. The average Bonchev–Trinajstić information content (AvgIpc) is 1.27. The molecule has 23 heteroatoms. The Labute approximate surface area is 691 Å². The van der Waals surface area contributed by atoms with E-state index < -0.39 is 82.6 Å². The Morgan fingerprint density at radius 2 is 0.439 bits per heavy atom. The number of anilines is 6. The number of fused-ring (bicyclic) bond motifs is 10. The van der Waals surface area contributed by atoms with Crippen LogP contribution in [0.15, 0.2) is 315 Å². The Kier molecular flexibility index (Phi) is 18.3. The van der Waals surface area contributed by atoms with E-state index in [1.807, 2.05) is 42.7 Å². The van der Waals surface area contributed by atoms with E-state index in [1.165, 1.54) is 9.13 Å². The van der Waals surface area contributed by atoms with Crippen molar-refractivity contribution in [3.05, 3.63) is 354 Å². The highest BCUT2D eigenvalue weighted by atomic mass is 19.4. The van der Waals surface area contributed by atoms with E-state index in [0.717, 1.165) is 97.1 Å². The molecule has 4 heterocycles. The van der Waals surface area contributed by atoms with Crippen LogP contribution >= 0.6 is 0 Å². The topological polar surface area (TPSA) is 16.3 Å². The normalized spacial score (nSPS) is 13.4. The van der Waals surface area contributed by atoms with Gasteiger partial charge in [0.2, 0.25) is 0 Å². The Morgan fingerprint density at radius 3 is 0.667 bits per heavy atom. The van der Waals surface area contributed by atoms with Gasteiger partial charge in [0.1, 0.15) is 0 Å². The van der Waals surface area contributed by atoms with Gasteiger partial charge in [-0.05, 0) is 205 Å². The van der Waals surface area contributed by atoms with Gasteiger partial charge in [-0.2, -0.15) is 79.0 Å². The minimum atomic E-state index is -5.05. The highest BCUT2D eigenvalue weighted by Crippen LogP contribution is 2.58. The molecule has 2 aliphatic rings. The molecule has 0 radical (unpaired) electrons. The first-order valence-corrected chi connectivity index (χ1v) is 38.9. The lowest BCUT2D eigenvalue weighted by Crippen LogP contribution is -2.62. The number of aromatic nitrogens is 2. The third-order valence-corrected chi connectivity index (χ3v) is 23.3. The minimum Gasteiger partial charge on any atom is -0.310 e. The van der Waals surface area contributed by atoms with Crippen molar-refractivity contribution in [1.82, 2.24) is 9.13 Å². The molecule has 0 fully saturated rings. The molecule has 19 rings (SSSR count). The SMILES string of the molecule is CC(C)(C)c1cc2c3c(c1)N(c1c(-c4ccccc4)cc(C(F)(F)F)cc1-c1ccccc1)c1cc(-n4c5ccc(C(F)(F)F)cc5c5cc(C(F)(F)F)ccc54)cc(-c4ccccc4)c1B3c1c(-c3ccccc3)cc(-n3c4ccc(C(F)(F)F)cc4c4cc(C(F)(F)F)ccc43)cc1N2c1c(-c2ccccc2)cc(C(F)(F)F)cc1-c1ccccc1. The van der Waals surface area contributed by atoms with Gasteiger partial charge in [0.25, 0.3) is 6.71 Å². The van der Waals surface area contributed by atoms with Gasteiger partial charge in [-0.15, -0.1) is 0 Å². The van der Waals surface area contributed by atoms with Crippen LogP contribution in [0.2, 0.25) is 0 Å². The first-order valence-electron chi connectivity index (χ1n) is 38.9. The van der Waals surface area contributed by atoms with Crippen molar-refractivity contribution in [2.75, 3.05) is 9.80 Å². The maximum atomic E-state index is 16.5. The fourth-order valence-corrected chi connectivity index (χ4v) is 17.8. The standard InChI is InChI=1S/C100H61BF18N4/c1-94(2,3)66-50-85-91-86(51-66)123(93-75(60-30-18-8-19-31-60)48-68(100(117,118)119)49-76(93)61-32-20-9-21-33-61)88-55-70(121-83-40-36-64(97(108,109)110)44-79(83)80-45-65(98(111,112)113)37-41-84(80)121)53-72(57-24-12-5-13-25-57)90(88)101(91)89-71(56-22-10-4-11-23-56)52-69(120-81-38-34-62(95(102,103)104)42-77(81)78-43-63(96(105,106)107)35-39-82(78)120)54-87(89)122(85)92-73(58-26-14-6-15-27-58)46-67(99(114,115)116)47-74(92)59-28-16-7-17-29-59/h4-55H,1-3H3. The van der Waals surface area contributed by atoms with E-state index in [9.17, 15) is 0 Å². The van der Waals surface area contributed by atoms with Crippen molar-refractivity contribution >= 4 is 101 Å². The lowest BCUT2D eigenvalue weighted by molar-refractivity contribution is -0.138. The number of nitrogens with zero attached hydrogens (tertiary/aromatic N) is 4. The Morgan fingerprint density at radius 1 is 0.211 bits per heavy atom. The van der Waals surface area contributed by atoms with Crippen LogP contribution in [0.4, 0.5) is 113 Å². The fraction of sp³-hybridized carbons (Fsp3) is 0.100. The smallest absolute Gasteiger partial charge is 0.310 e. The zero-order valence-corrected chi connectivity index (χ0v) is 64.7. The van der Waals surface area contributed by atoms with E-state index in [0.29, 0.717) is 44.2 Å². The third kappa shape index (κ3) is 13.6. The van der Waals surface area contributed by atoms with Crippen LogP contribution in [0.1, 0.15) is 59.7 Å². The maximum absolute atomic E-state index is 16.5. The molecule has 610 valence electrons. The Balaban J connectivity index is 1.08. The molecule has 15 aromatic carbocycles. The summed E-state index contributed by atoms with van der Waals surface area (Å²) in [5.41, 5.74) is -2.70. The Bertz CT molecular complexity index is 6430. The lowest BCUT2D eigenvalue weighted by atomic mass is 9.31. The second-order valence-electron chi connectivity index (χ2n) is 31.8. The molecule has 0 saturated carbocycles. The van der Waals surface area contributed by atoms with Crippen molar-refractivity contribution < 1.29 is 79.0 Å². The molecular weight excluding hydrogens is 1610 g/mol. The molecule has 0 aliphatic carbocycles. The second kappa shape index (κ2) is 28.5. The maximum Gasteiger partial charge on any atom is 0.416 e. The van der Waals surface area contributed by atoms with Crippen molar-refractivity contribution in [1.29, 1.82) is 0 Å². The van der Waals surface area contributed by atoms with E-state index >= 15 is 79.0 Å². The van der Waals surface area contributed by atoms with Gasteiger partial charge in [-0.3, -0.25) is 0 Å². The molecule has 4 nitrogen and oxygen atoms in total. The van der Waals surface area contributed by atoms with Crippen molar-refractivity contribution in [2.24, 2.45) is 0 Å². The first kappa shape index (κ1) is 79.1. The molecule has 0 spiro atoms. The molecule has 0 N–H and O–H groups in total. The largest absolute Gasteiger partial charge is 0.416 e. The summed E-state index contributed by atoms with van der Waals surface area (Å²) in [5.74, 6) is 0. The minimum absolute atomic E-state index is 0.00678. The summed E-state index contributed by atoms with van der Waals surface area (Å²) in [4.78, 5) is 3.67. The summed E-state index contributed by atoms with van der Waals surface area (Å²) in [5, 5.41) is -0.965. The fourth-order valence-electron chi connectivity index (χ4n) is 17.8. The van der Waals surface area contributed by atoms with Gasteiger partial charge in [-0.25, -0.2) is 0 Å². The molecule has 2 aliphatic heterocycles. The van der Waals surface area contributed by atoms with Gasteiger partial charge in [0.05, 0.1) is 66.8 Å². The van der Waals surface area contributed by atoms with Crippen LogP contribution in [-0.2, 0) is 42.5 Å². The van der Waals surface area contributed by atoms with Crippen LogP contribution in [-0.4, -0.2) is 15.8 Å². The third-order valence-electron chi connectivity index (χ3n) is 23.3. The summed E-state index contributed by atoms with van der Waals surface area (Å²) in [6, 6.07) is 76.3. The molecule has 123 heavy (non-hydrogen) atoms. The second-order valence-corrected chi connectivity index (χ2v) is 31.8. The first-order chi connectivity index (χ1) is 58.4. The van der Waals surface area contributed by atoms with Crippen LogP contribution < -0.4 is 26.2 Å². The monoisotopic (exact) mass is 1670 g/mol. The van der Waals surface area contributed by atoms with E-state index in [-0.39, 0.29) is 134 Å². The predicted molar refractivity (Wildman–Crippen MR) is 450 cm³/mol. The highest BCUT2D eigenvalue weighted by Gasteiger charge is 2.50. The molecule has 0 unspecified atom stereocenters. The van der Waals surface area contributed by atoms with Gasteiger partial charge < -0.3 is 18.9 Å². The Hall–Kier alpha value is -13.7. The van der Waals surface area contributed by atoms with Crippen LogP contribution in [0, 0.1) is 0 Å². The molecule has 0 bridgehead atoms. The van der Waals surface area contributed by atoms with Crippen LogP contribution in [0.25, 0.3) is 122 Å². The molecule has 2 aromatic heterocycles. The van der Waals surface area contributed by atoms with E-state index in [1.54, 1.807) is 206 Å². The summed E-state index contributed by atoms with van der Waals surface area (Å²) in [6.07, 6.45) is -30.2. The van der Waals surface area contributed by atoms with Crippen molar-refractivity contribution in [3.63, 3.8) is 0 Å². The quantitative estimate of drug-likeness (QED) is 0.100. The van der Waals surface area contributed by atoms with Crippen LogP contribution in [0.3, 0.4) is 0 Å². The average molecular weight is 1670 g/mol. The van der Waals surface area contributed by atoms with Crippen LogP contribution in [0.5, 0.6) is 0 Å².